The Bertz CT molecular complexity index is 930. The van der Waals surface area contributed by atoms with Crippen LogP contribution in [0.1, 0.15) is 70.9 Å². The summed E-state index contributed by atoms with van der Waals surface area (Å²) >= 11 is 0. The predicted molar refractivity (Wildman–Crippen MR) is 129 cm³/mol. The average molecular weight is 433 g/mol. The molecule has 3 aliphatic rings. The van der Waals surface area contributed by atoms with Crippen molar-refractivity contribution in [2.75, 3.05) is 0 Å². The summed E-state index contributed by atoms with van der Waals surface area (Å²) in [6.07, 6.45) is 5.13. The van der Waals surface area contributed by atoms with E-state index in [0.717, 1.165) is 43.3 Å². The third kappa shape index (κ3) is 3.94. The Morgan fingerprint density at radius 2 is 1.53 bits per heavy atom. The van der Waals surface area contributed by atoms with Gasteiger partial charge in [-0.15, -0.1) is 0 Å². The fourth-order valence-corrected chi connectivity index (χ4v) is 5.76. The minimum Gasteiger partial charge on any atom is -0.399 e. The number of hydrogen-bond donors (Lipinski definition) is 1. The molecule has 3 heterocycles. The zero-order chi connectivity index (χ0) is 22.6. The fraction of sp³-hybridized carbons (Fsp3) is 0.556. The van der Waals surface area contributed by atoms with Crippen LogP contribution in [0.15, 0.2) is 54.6 Å². The molecule has 0 amide bonds. The molecule has 2 aromatic rings. The standard InChI is InChI=1S/C27H36BNO3/c1-25(2)26(3,4)32-28(31-25)22-13-8-12-21(16-22)27(30)17-23-14-9-15-24(18-27)29(23)19-20-10-6-5-7-11-20/h5-8,10-13,16,23-24,30H,9,14-15,17-19H2,1-4H3. The van der Waals surface area contributed by atoms with Crippen LogP contribution in [-0.2, 0) is 21.5 Å². The Kier molecular flexibility index (Phi) is 5.53. The van der Waals surface area contributed by atoms with Crippen LogP contribution in [0.3, 0.4) is 0 Å². The van der Waals surface area contributed by atoms with Crippen molar-refractivity contribution in [3.63, 3.8) is 0 Å². The Hall–Kier alpha value is -1.66. The van der Waals surface area contributed by atoms with Crippen molar-refractivity contribution in [3.8, 4) is 0 Å². The topological polar surface area (TPSA) is 41.9 Å². The van der Waals surface area contributed by atoms with Gasteiger partial charge in [-0.05, 0) is 70.0 Å². The monoisotopic (exact) mass is 433 g/mol. The zero-order valence-electron chi connectivity index (χ0n) is 19.9. The molecule has 2 bridgehead atoms. The molecule has 2 unspecified atom stereocenters. The Balaban J connectivity index is 1.37. The van der Waals surface area contributed by atoms with Crippen LogP contribution in [0.2, 0.25) is 0 Å². The normalized spacial score (nSPS) is 31.6. The summed E-state index contributed by atoms with van der Waals surface area (Å²) in [5.74, 6) is 0. The highest BCUT2D eigenvalue weighted by Crippen LogP contribution is 2.45. The molecule has 0 spiro atoms. The third-order valence-corrected chi connectivity index (χ3v) is 8.32. The largest absolute Gasteiger partial charge is 0.494 e. The third-order valence-electron chi connectivity index (χ3n) is 8.32. The minimum atomic E-state index is -0.803. The molecule has 4 nitrogen and oxygen atoms in total. The molecule has 170 valence electrons. The van der Waals surface area contributed by atoms with Gasteiger partial charge < -0.3 is 14.4 Å². The summed E-state index contributed by atoms with van der Waals surface area (Å²) in [5, 5.41) is 11.9. The average Bonchev–Trinajstić information content (AvgIpc) is 2.97. The molecule has 32 heavy (non-hydrogen) atoms. The summed E-state index contributed by atoms with van der Waals surface area (Å²) in [5.41, 5.74) is 1.81. The van der Waals surface area contributed by atoms with E-state index >= 15 is 0 Å². The van der Waals surface area contributed by atoms with Crippen LogP contribution in [0.5, 0.6) is 0 Å². The number of aliphatic hydroxyl groups is 1. The van der Waals surface area contributed by atoms with E-state index in [1.807, 2.05) is 6.07 Å². The van der Waals surface area contributed by atoms with E-state index in [1.165, 1.54) is 12.0 Å². The highest BCUT2D eigenvalue weighted by atomic mass is 16.7. The van der Waals surface area contributed by atoms with Gasteiger partial charge in [0.2, 0.25) is 0 Å². The van der Waals surface area contributed by atoms with E-state index in [0.29, 0.717) is 12.1 Å². The van der Waals surface area contributed by atoms with Gasteiger partial charge in [0.1, 0.15) is 0 Å². The first kappa shape index (κ1) is 22.2. The van der Waals surface area contributed by atoms with Gasteiger partial charge in [-0.2, -0.15) is 0 Å². The van der Waals surface area contributed by atoms with Gasteiger partial charge in [-0.25, -0.2) is 0 Å². The van der Waals surface area contributed by atoms with Crippen molar-refractivity contribution < 1.29 is 14.4 Å². The molecular formula is C27H36BNO3. The van der Waals surface area contributed by atoms with Crippen LogP contribution in [0.25, 0.3) is 0 Å². The Morgan fingerprint density at radius 3 is 2.16 bits per heavy atom. The molecule has 2 atom stereocenters. The molecule has 3 fully saturated rings. The van der Waals surface area contributed by atoms with Crippen molar-refractivity contribution in [3.05, 3.63) is 65.7 Å². The minimum absolute atomic E-state index is 0.371. The predicted octanol–water partition coefficient (Wildman–Crippen LogP) is 4.39. The second kappa shape index (κ2) is 7.98. The zero-order valence-corrected chi connectivity index (χ0v) is 19.9. The van der Waals surface area contributed by atoms with Crippen LogP contribution in [-0.4, -0.2) is 40.4 Å². The van der Waals surface area contributed by atoms with E-state index in [-0.39, 0.29) is 11.2 Å². The summed E-state index contributed by atoms with van der Waals surface area (Å²) in [7, 11) is -0.402. The van der Waals surface area contributed by atoms with Gasteiger partial charge in [-0.3, -0.25) is 4.90 Å². The Morgan fingerprint density at radius 1 is 0.906 bits per heavy atom. The maximum atomic E-state index is 11.9. The molecule has 2 aromatic carbocycles. The molecular weight excluding hydrogens is 397 g/mol. The first-order valence-electron chi connectivity index (χ1n) is 12.2. The number of piperidine rings is 2. The fourth-order valence-electron chi connectivity index (χ4n) is 5.76. The molecule has 5 heteroatoms. The summed E-state index contributed by atoms with van der Waals surface area (Å²) in [4.78, 5) is 2.64. The molecule has 3 aliphatic heterocycles. The van der Waals surface area contributed by atoms with Crippen LogP contribution in [0, 0.1) is 0 Å². The van der Waals surface area contributed by atoms with Crippen LogP contribution < -0.4 is 5.46 Å². The van der Waals surface area contributed by atoms with Crippen molar-refractivity contribution in [2.24, 2.45) is 0 Å². The number of benzene rings is 2. The lowest BCUT2D eigenvalue weighted by Gasteiger charge is -2.52. The SMILES string of the molecule is CC1(C)OB(c2cccc(C3(O)CC4CCCC(C3)N4Cc3ccccc3)c2)OC1(C)C. The molecule has 0 aromatic heterocycles. The molecule has 0 aliphatic carbocycles. The lowest BCUT2D eigenvalue weighted by Crippen LogP contribution is -2.56. The number of hydrogen-bond acceptors (Lipinski definition) is 4. The number of rotatable bonds is 4. The first-order chi connectivity index (χ1) is 15.2. The van der Waals surface area contributed by atoms with Crippen molar-refractivity contribution in [1.29, 1.82) is 0 Å². The van der Waals surface area contributed by atoms with Gasteiger partial charge in [0.05, 0.1) is 16.8 Å². The first-order valence-corrected chi connectivity index (χ1v) is 12.2. The van der Waals surface area contributed by atoms with Crippen molar-refractivity contribution in [1.82, 2.24) is 4.90 Å². The second-order valence-electron chi connectivity index (χ2n) is 11.1. The van der Waals surface area contributed by atoms with E-state index in [9.17, 15) is 5.11 Å². The maximum Gasteiger partial charge on any atom is 0.494 e. The number of fused-ring (bicyclic) bond motifs is 2. The molecule has 1 N–H and O–H groups in total. The lowest BCUT2D eigenvalue weighted by molar-refractivity contribution is -0.0998. The maximum absolute atomic E-state index is 11.9. The molecule has 0 saturated carbocycles. The second-order valence-corrected chi connectivity index (χ2v) is 11.1. The summed E-state index contributed by atoms with van der Waals surface area (Å²) in [6.45, 7) is 9.28. The van der Waals surface area contributed by atoms with E-state index in [2.05, 4.69) is 81.1 Å². The highest BCUT2D eigenvalue weighted by Gasteiger charge is 2.52. The summed E-state index contributed by atoms with van der Waals surface area (Å²) in [6, 6.07) is 19.9. The Labute approximate surface area is 193 Å². The van der Waals surface area contributed by atoms with Gasteiger partial charge >= 0.3 is 7.12 Å². The van der Waals surface area contributed by atoms with Crippen LogP contribution in [0.4, 0.5) is 0 Å². The van der Waals surface area contributed by atoms with E-state index in [1.54, 1.807) is 0 Å². The van der Waals surface area contributed by atoms with Crippen molar-refractivity contribution in [2.45, 2.75) is 95.2 Å². The number of nitrogens with zero attached hydrogens (tertiary/aromatic N) is 1. The van der Waals surface area contributed by atoms with E-state index in [4.69, 9.17) is 9.31 Å². The van der Waals surface area contributed by atoms with Gasteiger partial charge in [-0.1, -0.05) is 61.0 Å². The van der Waals surface area contributed by atoms with Crippen LogP contribution >= 0.6 is 0 Å². The molecule has 5 rings (SSSR count). The van der Waals surface area contributed by atoms with Gasteiger partial charge in [0.15, 0.2) is 0 Å². The highest BCUT2D eigenvalue weighted by molar-refractivity contribution is 6.62. The van der Waals surface area contributed by atoms with Crippen molar-refractivity contribution >= 4 is 12.6 Å². The quantitative estimate of drug-likeness (QED) is 0.727. The molecule has 3 saturated heterocycles. The lowest BCUT2D eigenvalue weighted by atomic mass is 9.70. The van der Waals surface area contributed by atoms with Gasteiger partial charge in [0.25, 0.3) is 0 Å². The van der Waals surface area contributed by atoms with Gasteiger partial charge in [0, 0.05) is 18.6 Å². The molecule has 0 radical (unpaired) electrons. The van der Waals surface area contributed by atoms with E-state index < -0.39 is 12.7 Å². The smallest absolute Gasteiger partial charge is 0.399 e. The summed E-state index contributed by atoms with van der Waals surface area (Å²) < 4.78 is 12.5.